The number of hydrogen-bond donors (Lipinski definition) is 0. The molecule has 2 aromatic heterocycles. The van der Waals surface area contributed by atoms with Crippen LogP contribution in [0.3, 0.4) is 0 Å². The van der Waals surface area contributed by atoms with Crippen molar-refractivity contribution in [1.29, 1.82) is 0 Å². The molecule has 18 heavy (non-hydrogen) atoms. The molecule has 4 heteroatoms. The maximum Gasteiger partial charge on any atom is 0.185 e. The summed E-state index contributed by atoms with van der Waals surface area (Å²) in [5.74, 6) is 0.788. The first-order chi connectivity index (χ1) is 8.79. The van der Waals surface area contributed by atoms with Crippen molar-refractivity contribution in [3.05, 3.63) is 47.7 Å². The molecule has 0 aliphatic carbocycles. The standard InChI is InChI=1S/C14H14N4/c1-3-11-4-6-12(7-5-11)14-17-16-13-10(2)8-9-15-18(13)14/h4-9H,3H2,1-2H3. The lowest BCUT2D eigenvalue weighted by molar-refractivity contribution is 0.928. The van der Waals surface area contributed by atoms with E-state index < -0.39 is 0 Å². The lowest BCUT2D eigenvalue weighted by Crippen LogP contribution is -1.95. The molecule has 0 fully saturated rings. The number of benzene rings is 1. The van der Waals surface area contributed by atoms with Crippen LogP contribution in [0.5, 0.6) is 0 Å². The van der Waals surface area contributed by atoms with Crippen LogP contribution in [0, 0.1) is 6.92 Å². The first-order valence-corrected chi connectivity index (χ1v) is 6.06. The monoisotopic (exact) mass is 238 g/mol. The van der Waals surface area contributed by atoms with Crippen LogP contribution in [-0.2, 0) is 6.42 Å². The lowest BCUT2D eigenvalue weighted by atomic mass is 10.1. The van der Waals surface area contributed by atoms with Gasteiger partial charge in [0.15, 0.2) is 11.5 Å². The molecule has 0 aliphatic rings. The number of fused-ring (bicyclic) bond motifs is 1. The molecule has 4 nitrogen and oxygen atoms in total. The average molecular weight is 238 g/mol. The summed E-state index contributed by atoms with van der Waals surface area (Å²) < 4.78 is 1.79. The Morgan fingerprint density at radius 1 is 1.06 bits per heavy atom. The second kappa shape index (κ2) is 4.22. The molecule has 0 N–H and O–H groups in total. The van der Waals surface area contributed by atoms with Crippen LogP contribution in [0.25, 0.3) is 17.0 Å². The van der Waals surface area contributed by atoms with Crippen LogP contribution in [-0.4, -0.2) is 19.8 Å². The topological polar surface area (TPSA) is 43.1 Å². The van der Waals surface area contributed by atoms with E-state index in [9.17, 15) is 0 Å². The SMILES string of the molecule is CCc1ccc(-c2nnc3c(C)ccnn23)cc1. The fourth-order valence-corrected chi connectivity index (χ4v) is 1.99. The van der Waals surface area contributed by atoms with Crippen LogP contribution in [0.15, 0.2) is 36.5 Å². The fourth-order valence-electron chi connectivity index (χ4n) is 1.99. The van der Waals surface area contributed by atoms with E-state index in [1.807, 2.05) is 13.0 Å². The molecule has 0 atom stereocenters. The quantitative estimate of drug-likeness (QED) is 0.689. The highest BCUT2D eigenvalue weighted by molar-refractivity contribution is 5.60. The summed E-state index contributed by atoms with van der Waals surface area (Å²) in [7, 11) is 0. The minimum Gasteiger partial charge on any atom is -0.193 e. The molecule has 0 saturated heterocycles. The highest BCUT2D eigenvalue weighted by Crippen LogP contribution is 2.19. The van der Waals surface area contributed by atoms with Crippen molar-refractivity contribution in [3.63, 3.8) is 0 Å². The third-order valence-corrected chi connectivity index (χ3v) is 3.12. The zero-order valence-electron chi connectivity index (χ0n) is 10.5. The molecular formula is C14H14N4. The molecule has 3 aromatic rings. The second-order valence-corrected chi connectivity index (χ2v) is 4.32. The maximum absolute atomic E-state index is 4.31. The van der Waals surface area contributed by atoms with Crippen LogP contribution in [0.4, 0.5) is 0 Å². The van der Waals surface area contributed by atoms with Gasteiger partial charge in [0.05, 0.1) is 0 Å². The molecule has 90 valence electrons. The Hall–Kier alpha value is -2.23. The Morgan fingerprint density at radius 2 is 1.83 bits per heavy atom. The molecule has 0 aliphatic heterocycles. The van der Waals surface area contributed by atoms with E-state index in [0.717, 1.165) is 29.0 Å². The molecule has 0 amide bonds. The van der Waals surface area contributed by atoms with Gasteiger partial charge in [0.2, 0.25) is 0 Å². The highest BCUT2D eigenvalue weighted by atomic mass is 15.4. The zero-order chi connectivity index (χ0) is 12.5. The van der Waals surface area contributed by atoms with E-state index >= 15 is 0 Å². The van der Waals surface area contributed by atoms with Gasteiger partial charge in [0.1, 0.15) is 0 Å². The van der Waals surface area contributed by atoms with E-state index in [0.29, 0.717) is 0 Å². The van der Waals surface area contributed by atoms with Gasteiger partial charge in [-0.05, 0) is 30.5 Å². The Morgan fingerprint density at radius 3 is 2.56 bits per heavy atom. The smallest absolute Gasteiger partial charge is 0.185 e. The molecule has 0 saturated carbocycles. The number of nitrogens with zero attached hydrogens (tertiary/aromatic N) is 4. The Bertz CT molecular complexity index is 683. The second-order valence-electron chi connectivity index (χ2n) is 4.32. The van der Waals surface area contributed by atoms with E-state index in [-0.39, 0.29) is 0 Å². The Kier molecular flexibility index (Phi) is 2.55. The summed E-state index contributed by atoms with van der Waals surface area (Å²) in [5.41, 5.74) is 4.25. The third kappa shape index (κ3) is 1.66. The maximum atomic E-state index is 4.31. The van der Waals surface area contributed by atoms with Gasteiger partial charge >= 0.3 is 0 Å². The fraction of sp³-hybridized carbons (Fsp3) is 0.214. The molecule has 3 rings (SSSR count). The number of aryl methyl sites for hydroxylation is 2. The van der Waals surface area contributed by atoms with Crippen molar-refractivity contribution in [3.8, 4) is 11.4 Å². The Labute approximate surface area is 105 Å². The van der Waals surface area contributed by atoms with Crippen LogP contribution in [0.2, 0.25) is 0 Å². The summed E-state index contributed by atoms with van der Waals surface area (Å²) in [6, 6.07) is 10.3. The van der Waals surface area contributed by atoms with E-state index in [2.05, 4.69) is 46.5 Å². The summed E-state index contributed by atoms with van der Waals surface area (Å²) >= 11 is 0. The van der Waals surface area contributed by atoms with Crippen molar-refractivity contribution in [2.45, 2.75) is 20.3 Å². The van der Waals surface area contributed by atoms with E-state index in [1.165, 1.54) is 5.56 Å². The first-order valence-electron chi connectivity index (χ1n) is 6.06. The molecule has 2 heterocycles. The van der Waals surface area contributed by atoms with Crippen molar-refractivity contribution in [1.82, 2.24) is 19.8 Å². The number of rotatable bonds is 2. The Balaban J connectivity index is 2.16. The van der Waals surface area contributed by atoms with Crippen LogP contribution >= 0.6 is 0 Å². The van der Waals surface area contributed by atoms with E-state index in [4.69, 9.17) is 0 Å². The molecule has 0 radical (unpaired) electrons. The zero-order valence-corrected chi connectivity index (χ0v) is 10.5. The largest absolute Gasteiger partial charge is 0.193 e. The van der Waals surface area contributed by atoms with Gasteiger partial charge in [-0.2, -0.15) is 9.61 Å². The van der Waals surface area contributed by atoms with Gasteiger partial charge in [0.25, 0.3) is 0 Å². The van der Waals surface area contributed by atoms with Crippen molar-refractivity contribution < 1.29 is 0 Å². The molecular weight excluding hydrogens is 224 g/mol. The van der Waals surface area contributed by atoms with Gasteiger partial charge in [-0.15, -0.1) is 10.2 Å². The predicted octanol–water partition coefficient (Wildman–Crippen LogP) is 2.66. The molecule has 0 unspecified atom stereocenters. The summed E-state index contributed by atoms with van der Waals surface area (Å²) in [4.78, 5) is 0. The molecule has 0 bridgehead atoms. The third-order valence-electron chi connectivity index (χ3n) is 3.12. The lowest BCUT2D eigenvalue weighted by Gasteiger charge is -2.01. The van der Waals surface area contributed by atoms with Crippen LogP contribution in [0.1, 0.15) is 18.1 Å². The summed E-state index contributed by atoms with van der Waals surface area (Å²) in [6.07, 6.45) is 2.81. The van der Waals surface area contributed by atoms with Crippen LogP contribution < -0.4 is 0 Å². The van der Waals surface area contributed by atoms with Gasteiger partial charge in [-0.25, -0.2) is 0 Å². The van der Waals surface area contributed by atoms with Gasteiger partial charge < -0.3 is 0 Å². The highest BCUT2D eigenvalue weighted by Gasteiger charge is 2.09. The average Bonchev–Trinajstić information content (AvgIpc) is 2.84. The number of hydrogen-bond acceptors (Lipinski definition) is 3. The minimum atomic E-state index is 0.788. The predicted molar refractivity (Wildman–Crippen MR) is 70.3 cm³/mol. The molecule has 1 aromatic carbocycles. The van der Waals surface area contributed by atoms with Crippen molar-refractivity contribution in [2.24, 2.45) is 0 Å². The van der Waals surface area contributed by atoms with Gasteiger partial charge in [-0.1, -0.05) is 31.2 Å². The van der Waals surface area contributed by atoms with E-state index in [1.54, 1.807) is 10.7 Å². The van der Waals surface area contributed by atoms with Crippen molar-refractivity contribution >= 4 is 5.65 Å². The summed E-state index contributed by atoms with van der Waals surface area (Å²) in [5, 5.41) is 12.7. The first kappa shape index (κ1) is 10.9. The number of aromatic nitrogens is 4. The summed E-state index contributed by atoms with van der Waals surface area (Å²) in [6.45, 7) is 4.15. The molecule has 0 spiro atoms. The normalized spacial score (nSPS) is 11.0. The minimum absolute atomic E-state index is 0.788. The van der Waals surface area contributed by atoms with Gasteiger partial charge in [-0.3, -0.25) is 0 Å². The van der Waals surface area contributed by atoms with Gasteiger partial charge in [0, 0.05) is 11.8 Å². The van der Waals surface area contributed by atoms with Crippen molar-refractivity contribution in [2.75, 3.05) is 0 Å².